The number of hydrogen-bond acceptors (Lipinski definition) is 8. The molecule has 0 aliphatic heterocycles. The molecule has 12 nitrogen and oxygen atoms in total. The molecule has 0 saturated heterocycles. The fourth-order valence-electron chi connectivity index (χ4n) is 3.04. The van der Waals surface area contributed by atoms with Crippen LogP contribution in [0.5, 0.6) is 0 Å². The minimum absolute atomic E-state index is 0.0428. The first-order valence-corrected chi connectivity index (χ1v) is 12.4. The molecule has 0 aromatic heterocycles. The molecule has 214 valence electrons. The van der Waals surface area contributed by atoms with Gasteiger partial charge in [0.15, 0.2) is 0 Å². The first kappa shape index (κ1) is 34.0. The van der Waals surface area contributed by atoms with Crippen molar-refractivity contribution in [1.29, 1.82) is 0 Å². The van der Waals surface area contributed by atoms with E-state index in [-0.39, 0.29) is 49.3 Å². The van der Waals surface area contributed by atoms with Crippen molar-refractivity contribution in [2.45, 2.75) is 65.7 Å². The minimum atomic E-state index is -0.652. The summed E-state index contributed by atoms with van der Waals surface area (Å²) in [7, 11) is 0. The first-order chi connectivity index (χ1) is 17.5. The van der Waals surface area contributed by atoms with Crippen LogP contribution in [0.2, 0.25) is 0 Å². The molecule has 0 saturated carbocycles. The Morgan fingerprint density at radius 3 is 1.66 bits per heavy atom. The Bertz CT molecular complexity index is 915. The second-order valence-electron chi connectivity index (χ2n) is 9.56. The molecule has 0 heterocycles. The monoisotopic (exact) mass is 534 g/mol. The van der Waals surface area contributed by atoms with Gasteiger partial charge in [-0.25, -0.2) is 0 Å². The molecule has 0 aliphatic rings. The molecule has 12 heteroatoms. The first-order valence-electron chi connectivity index (χ1n) is 12.4. The molecule has 0 aromatic rings. The summed E-state index contributed by atoms with van der Waals surface area (Å²) < 4.78 is 0. The smallest absolute Gasteiger partial charge is 0.242 e. The third-order valence-corrected chi connectivity index (χ3v) is 5.45. The summed E-state index contributed by atoms with van der Waals surface area (Å²) in [6.45, 7) is 26.1. The van der Waals surface area contributed by atoms with Crippen molar-refractivity contribution < 1.29 is 19.2 Å². The Morgan fingerprint density at radius 2 is 1.13 bits per heavy atom. The minimum Gasteiger partial charge on any atom is -0.380 e. The number of rotatable bonds is 19. The predicted octanol–water partition coefficient (Wildman–Crippen LogP) is -0.556. The highest BCUT2D eigenvalue weighted by Gasteiger charge is 2.22. The number of allylic oxidation sites excluding steroid dienone is 1. The van der Waals surface area contributed by atoms with Crippen molar-refractivity contribution in [2.24, 2.45) is 11.7 Å². The van der Waals surface area contributed by atoms with Gasteiger partial charge in [0.25, 0.3) is 0 Å². The Hall–Kier alpha value is -3.96. The number of carbonyl (C=O) groups excluding carboxylic acids is 4. The third-order valence-electron chi connectivity index (χ3n) is 5.45. The van der Waals surface area contributed by atoms with Gasteiger partial charge < -0.3 is 43.0 Å². The van der Waals surface area contributed by atoms with E-state index in [1.807, 2.05) is 13.8 Å². The molecule has 0 aliphatic carbocycles. The lowest BCUT2D eigenvalue weighted by atomic mass is 10.0. The van der Waals surface area contributed by atoms with E-state index in [2.05, 4.69) is 63.5 Å². The zero-order chi connectivity index (χ0) is 29.6. The van der Waals surface area contributed by atoms with Crippen LogP contribution in [0, 0.1) is 5.92 Å². The number of nitrogens with one attached hydrogen (secondary N) is 7. The molecular formula is C26H46N8O4. The van der Waals surface area contributed by atoms with Crippen LogP contribution in [0.1, 0.15) is 41.5 Å². The van der Waals surface area contributed by atoms with E-state index in [1.54, 1.807) is 27.7 Å². The SMILES string of the molecule is C=C(C)NCC(=O)N[C@H](C(=C)NCC(=O)N[C@@H](C)C(=C)N[C@@H](C)C(=O)N[C@@H](C)C(=C)NCC(N)=O)C(C)C. The summed E-state index contributed by atoms with van der Waals surface area (Å²) in [5.41, 5.74) is 7.17. The zero-order valence-electron chi connectivity index (χ0n) is 23.5. The number of primary amides is 1. The maximum absolute atomic E-state index is 12.5. The number of carbonyl (C=O) groups is 4. The molecule has 0 rings (SSSR count). The van der Waals surface area contributed by atoms with Gasteiger partial charge in [-0.15, -0.1) is 0 Å². The highest BCUT2D eigenvalue weighted by atomic mass is 16.2. The molecule has 9 N–H and O–H groups in total. The van der Waals surface area contributed by atoms with Crippen LogP contribution in [-0.2, 0) is 19.2 Å². The fraction of sp³-hybridized carbons (Fsp3) is 0.538. The van der Waals surface area contributed by atoms with Crippen LogP contribution < -0.4 is 43.0 Å². The van der Waals surface area contributed by atoms with Crippen molar-refractivity contribution in [3.8, 4) is 0 Å². The standard InChI is InChI=1S/C26H46N8O4/c1-14(2)25(34-24(37)12-28-15(3)4)20(9)30-13-23(36)32-19(8)18(7)31-21(10)26(38)33-17(6)16(5)29-11-22(27)35/h14,17,19,21,25,28-31H,3,5,7,9,11-13H2,1-2,4,6,8,10H3,(H2,27,35)(H,32,36)(H,33,38)(H,34,37)/t17-,19-,21-,25-/m0/s1. The quantitative estimate of drug-likeness (QED) is 0.109. The van der Waals surface area contributed by atoms with E-state index < -0.39 is 24.0 Å². The van der Waals surface area contributed by atoms with E-state index >= 15 is 0 Å². The van der Waals surface area contributed by atoms with Crippen molar-refractivity contribution in [2.75, 3.05) is 19.6 Å². The average Bonchev–Trinajstić information content (AvgIpc) is 2.82. The van der Waals surface area contributed by atoms with Crippen LogP contribution in [0.4, 0.5) is 0 Å². The van der Waals surface area contributed by atoms with Gasteiger partial charge in [0.05, 0.1) is 37.8 Å². The summed E-state index contributed by atoms with van der Waals surface area (Å²) in [5, 5.41) is 20.0. The van der Waals surface area contributed by atoms with Crippen molar-refractivity contribution in [3.63, 3.8) is 0 Å². The van der Waals surface area contributed by atoms with Crippen LogP contribution in [0.25, 0.3) is 0 Å². The number of hydrogen-bond donors (Lipinski definition) is 8. The van der Waals surface area contributed by atoms with Crippen molar-refractivity contribution >= 4 is 23.6 Å². The van der Waals surface area contributed by atoms with Gasteiger partial charge in [0, 0.05) is 22.8 Å². The lowest BCUT2D eigenvalue weighted by molar-refractivity contribution is -0.123. The predicted molar refractivity (Wildman–Crippen MR) is 150 cm³/mol. The molecule has 4 atom stereocenters. The number of amides is 4. The molecule has 0 fully saturated rings. The summed E-state index contributed by atoms with van der Waals surface area (Å²) in [6, 6.07) is -1.95. The zero-order valence-corrected chi connectivity index (χ0v) is 23.5. The summed E-state index contributed by atoms with van der Waals surface area (Å²) >= 11 is 0. The highest BCUT2D eigenvalue weighted by Crippen LogP contribution is 2.08. The van der Waals surface area contributed by atoms with Crippen LogP contribution >= 0.6 is 0 Å². The summed E-state index contributed by atoms with van der Waals surface area (Å²) in [5.74, 6) is -1.35. The van der Waals surface area contributed by atoms with E-state index in [1.165, 1.54) is 0 Å². The van der Waals surface area contributed by atoms with Gasteiger partial charge >= 0.3 is 0 Å². The lowest BCUT2D eigenvalue weighted by Gasteiger charge is -2.26. The van der Waals surface area contributed by atoms with Gasteiger partial charge in [-0.1, -0.05) is 40.2 Å². The normalized spacial score (nSPS) is 13.6. The Morgan fingerprint density at radius 1 is 0.632 bits per heavy atom. The van der Waals surface area contributed by atoms with Gasteiger partial charge in [-0.3, -0.25) is 19.2 Å². The summed E-state index contributed by atoms with van der Waals surface area (Å²) in [6.07, 6.45) is 0. The van der Waals surface area contributed by atoms with Crippen LogP contribution in [0.15, 0.2) is 49.1 Å². The van der Waals surface area contributed by atoms with Crippen molar-refractivity contribution in [3.05, 3.63) is 49.1 Å². The van der Waals surface area contributed by atoms with Gasteiger partial charge in [-0.05, 0) is 33.6 Å². The van der Waals surface area contributed by atoms with E-state index in [4.69, 9.17) is 5.73 Å². The molecule has 0 spiro atoms. The molecule has 38 heavy (non-hydrogen) atoms. The van der Waals surface area contributed by atoms with Crippen LogP contribution in [0.3, 0.4) is 0 Å². The average molecular weight is 535 g/mol. The maximum Gasteiger partial charge on any atom is 0.242 e. The van der Waals surface area contributed by atoms with Gasteiger partial charge in [-0.2, -0.15) is 0 Å². The lowest BCUT2D eigenvalue weighted by Crippen LogP contribution is -2.50. The second kappa shape index (κ2) is 16.7. The third kappa shape index (κ3) is 14.0. The molecular weight excluding hydrogens is 488 g/mol. The summed E-state index contributed by atoms with van der Waals surface area (Å²) in [4.78, 5) is 48.0. The van der Waals surface area contributed by atoms with E-state index in [0.717, 1.165) is 0 Å². The van der Waals surface area contributed by atoms with Crippen molar-refractivity contribution in [1.82, 2.24) is 37.2 Å². The molecule has 0 bridgehead atoms. The maximum atomic E-state index is 12.5. The largest absolute Gasteiger partial charge is 0.380 e. The Balaban J connectivity index is 4.67. The van der Waals surface area contributed by atoms with Gasteiger partial charge in [0.1, 0.15) is 6.04 Å². The Labute approximate surface area is 226 Å². The van der Waals surface area contributed by atoms with Crippen LogP contribution in [-0.4, -0.2) is 67.4 Å². The molecule has 0 unspecified atom stereocenters. The Kier molecular flexibility index (Phi) is 15.0. The second-order valence-corrected chi connectivity index (χ2v) is 9.56. The molecule has 0 radical (unpaired) electrons. The molecule has 4 amide bonds. The van der Waals surface area contributed by atoms with E-state index in [0.29, 0.717) is 22.8 Å². The fourth-order valence-corrected chi connectivity index (χ4v) is 3.04. The highest BCUT2D eigenvalue weighted by molar-refractivity contribution is 5.82. The van der Waals surface area contributed by atoms with E-state index in [9.17, 15) is 19.2 Å². The van der Waals surface area contributed by atoms with Gasteiger partial charge in [0.2, 0.25) is 23.6 Å². The molecule has 0 aromatic carbocycles. The number of nitrogens with two attached hydrogens (primary N) is 1. The topological polar surface area (TPSA) is 179 Å².